The summed E-state index contributed by atoms with van der Waals surface area (Å²) in [5.41, 5.74) is -4.73. The van der Waals surface area contributed by atoms with Crippen LogP contribution in [0.2, 0.25) is 0 Å². The predicted molar refractivity (Wildman–Crippen MR) is 53.3 cm³/mol. The maximum Gasteiger partial charge on any atom is 0.452 e. The zero-order valence-corrected chi connectivity index (χ0v) is 9.55. The number of cyclic esters (lactones) is 1. The molecule has 0 aromatic heterocycles. The van der Waals surface area contributed by atoms with Gasteiger partial charge < -0.3 is 4.74 Å². The van der Waals surface area contributed by atoms with Crippen LogP contribution in [0.3, 0.4) is 0 Å². The first-order valence-electron chi connectivity index (χ1n) is 5.27. The molecule has 1 aromatic carbocycles. The Hall–Kier alpha value is -1.77. The summed E-state index contributed by atoms with van der Waals surface area (Å²) in [6.45, 7) is 0. The summed E-state index contributed by atoms with van der Waals surface area (Å²) in [5, 5.41) is 1.23. The van der Waals surface area contributed by atoms with Crippen LogP contribution in [-0.2, 0) is 9.53 Å². The Morgan fingerprint density at radius 3 is 1.90 bits per heavy atom. The fraction of sp³-hybridized carbons (Fsp3) is 0.364. The minimum absolute atomic E-state index is 0.0483. The number of halogens is 6. The predicted octanol–water partition coefficient (Wildman–Crippen LogP) is 2.70. The lowest BCUT2D eigenvalue weighted by Crippen LogP contribution is -2.64. The van der Waals surface area contributed by atoms with Crippen LogP contribution in [0.4, 0.5) is 26.3 Å². The molecule has 0 radical (unpaired) electrons. The van der Waals surface area contributed by atoms with Crippen molar-refractivity contribution in [1.82, 2.24) is 5.32 Å². The summed E-state index contributed by atoms with van der Waals surface area (Å²) in [6.07, 6.45) is -11.7. The normalized spacial score (nSPS) is 22.7. The summed E-state index contributed by atoms with van der Waals surface area (Å²) < 4.78 is 79.9. The molecule has 0 amide bonds. The van der Waals surface area contributed by atoms with E-state index in [1.807, 2.05) is 0 Å². The Labute approximate surface area is 108 Å². The number of hydrogen-bond donors (Lipinski definition) is 1. The van der Waals surface area contributed by atoms with Crippen LogP contribution < -0.4 is 5.32 Å². The molecule has 1 heterocycles. The number of carbonyl (C=O) groups excluding carboxylic acids is 1. The molecule has 9 heteroatoms. The number of hydrogen-bond acceptors (Lipinski definition) is 3. The summed E-state index contributed by atoms with van der Waals surface area (Å²) in [6, 6.07) is 4.88. The molecule has 1 N–H and O–H groups in total. The Balaban J connectivity index is 2.44. The van der Waals surface area contributed by atoms with Crippen molar-refractivity contribution in [3.63, 3.8) is 0 Å². The van der Waals surface area contributed by atoms with E-state index in [9.17, 15) is 31.1 Å². The number of nitrogens with one attached hydrogen (secondary N) is 1. The van der Waals surface area contributed by atoms with Gasteiger partial charge in [0.05, 0.1) is 0 Å². The first-order chi connectivity index (χ1) is 9.08. The Morgan fingerprint density at radius 2 is 1.50 bits per heavy atom. The lowest BCUT2D eigenvalue weighted by Gasteiger charge is -2.31. The van der Waals surface area contributed by atoms with Crippen molar-refractivity contribution >= 4 is 5.97 Å². The van der Waals surface area contributed by atoms with Crippen molar-refractivity contribution in [2.45, 2.75) is 24.1 Å². The molecule has 20 heavy (non-hydrogen) atoms. The Kier molecular flexibility index (Phi) is 3.20. The van der Waals surface area contributed by atoms with Gasteiger partial charge in [-0.1, -0.05) is 30.3 Å². The van der Waals surface area contributed by atoms with E-state index < -0.39 is 30.1 Å². The van der Waals surface area contributed by atoms with E-state index in [1.165, 1.54) is 35.6 Å². The lowest BCUT2D eigenvalue weighted by molar-refractivity contribution is -0.369. The molecule has 2 rings (SSSR count). The van der Waals surface area contributed by atoms with Gasteiger partial charge in [0.1, 0.15) is 6.04 Å². The van der Waals surface area contributed by atoms with Crippen LogP contribution >= 0.6 is 0 Å². The molecular weight excluding hydrogens is 292 g/mol. The smallest absolute Gasteiger partial charge is 0.423 e. The van der Waals surface area contributed by atoms with Gasteiger partial charge in [-0.2, -0.15) is 26.3 Å². The molecule has 0 aliphatic carbocycles. The highest BCUT2D eigenvalue weighted by molar-refractivity contribution is 5.80. The number of carbonyl (C=O) groups is 1. The summed E-state index contributed by atoms with van der Waals surface area (Å²) >= 11 is 0. The largest absolute Gasteiger partial charge is 0.452 e. The number of benzene rings is 1. The van der Waals surface area contributed by atoms with Gasteiger partial charge in [0.15, 0.2) is 0 Å². The standard InChI is InChI=1S/C11H7F6NO2/c12-10(13,14)9(11(15,16)17)18-7(8(19)20-9)6-4-2-1-3-5-6/h1-5,7,18H. The minimum Gasteiger partial charge on any atom is -0.423 e. The van der Waals surface area contributed by atoms with E-state index in [4.69, 9.17) is 0 Å². The van der Waals surface area contributed by atoms with Crippen LogP contribution in [0.25, 0.3) is 0 Å². The topological polar surface area (TPSA) is 38.3 Å². The second-order valence-electron chi connectivity index (χ2n) is 4.09. The van der Waals surface area contributed by atoms with Crippen molar-refractivity contribution in [1.29, 1.82) is 0 Å². The van der Waals surface area contributed by atoms with E-state index in [2.05, 4.69) is 4.74 Å². The number of alkyl halides is 6. The molecule has 1 fully saturated rings. The van der Waals surface area contributed by atoms with E-state index in [0.29, 0.717) is 0 Å². The molecule has 1 aliphatic heterocycles. The molecule has 1 aromatic rings. The number of rotatable bonds is 1. The van der Waals surface area contributed by atoms with Crippen LogP contribution in [0.15, 0.2) is 30.3 Å². The van der Waals surface area contributed by atoms with Crippen molar-refractivity contribution < 1.29 is 35.9 Å². The second-order valence-corrected chi connectivity index (χ2v) is 4.09. The first kappa shape index (κ1) is 14.6. The maximum atomic E-state index is 12.7. The molecule has 1 saturated heterocycles. The third kappa shape index (κ3) is 2.11. The molecule has 110 valence electrons. The first-order valence-corrected chi connectivity index (χ1v) is 5.27. The molecule has 0 saturated carbocycles. The Bertz CT molecular complexity index is 496. The van der Waals surface area contributed by atoms with Crippen molar-refractivity contribution in [2.75, 3.05) is 0 Å². The monoisotopic (exact) mass is 299 g/mol. The van der Waals surface area contributed by atoms with Gasteiger partial charge in [-0.3, -0.25) is 0 Å². The van der Waals surface area contributed by atoms with Crippen molar-refractivity contribution in [3.05, 3.63) is 35.9 Å². The highest BCUT2D eigenvalue weighted by Crippen LogP contribution is 2.48. The van der Waals surface area contributed by atoms with Gasteiger partial charge in [0.2, 0.25) is 0 Å². The van der Waals surface area contributed by atoms with Crippen molar-refractivity contribution in [2.24, 2.45) is 0 Å². The second kappa shape index (κ2) is 4.37. The van der Waals surface area contributed by atoms with E-state index in [0.717, 1.165) is 0 Å². The van der Waals surface area contributed by atoms with E-state index >= 15 is 0 Å². The van der Waals surface area contributed by atoms with Gasteiger partial charge in [-0.05, 0) is 5.56 Å². The average Bonchev–Trinajstić information content (AvgIpc) is 2.68. The van der Waals surface area contributed by atoms with Crippen LogP contribution in [0.5, 0.6) is 0 Å². The molecule has 3 nitrogen and oxygen atoms in total. The number of esters is 1. The minimum atomic E-state index is -5.83. The number of ether oxygens (including phenoxy) is 1. The van der Waals surface area contributed by atoms with Crippen LogP contribution in [0, 0.1) is 0 Å². The highest BCUT2D eigenvalue weighted by atomic mass is 19.4. The van der Waals surface area contributed by atoms with Gasteiger partial charge in [-0.25, -0.2) is 10.1 Å². The fourth-order valence-electron chi connectivity index (χ4n) is 1.81. The van der Waals surface area contributed by atoms with E-state index in [1.54, 1.807) is 0 Å². The van der Waals surface area contributed by atoms with Gasteiger partial charge in [0, 0.05) is 0 Å². The third-order valence-corrected chi connectivity index (χ3v) is 2.77. The van der Waals surface area contributed by atoms with E-state index in [-0.39, 0.29) is 5.56 Å². The SMILES string of the molecule is O=C1OC(C(F)(F)F)(C(F)(F)F)NC1c1ccccc1. The molecule has 1 aliphatic rings. The quantitative estimate of drug-likeness (QED) is 0.640. The molecule has 0 spiro atoms. The molecular formula is C11H7F6NO2. The van der Waals surface area contributed by atoms with Gasteiger partial charge in [0.25, 0.3) is 0 Å². The summed E-state index contributed by atoms with van der Waals surface area (Å²) in [5.74, 6) is -1.63. The molecule has 1 unspecified atom stereocenters. The van der Waals surface area contributed by atoms with Crippen LogP contribution in [0.1, 0.15) is 11.6 Å². The molecule has 1 atom stereocenters. The average molecular weight is 299 g/mol. The fourth-order valence-corrected chi connectivity index (χ4v) is 1.81. The highest BCUT2D eigenvalue weighted by Gasteiger charge is 2.78. The summed E-state index contributed by atoms with van der Waals surface area (Å²) in [4.78, 5) is 11.4. The third-order valence-electron chi connectivity index (χ3n) is 2.77. The molecule has 0 bridgehead atoms. The van der Waals surface area contributed by atoms with Crippen molar-refractivity contribution in [3.8, 4) is 0 Å². The zero-order valence-electron chi connectivity index (χ0n) is 9.55. The van der Waals surface area contributed by atoms with Gasteiger partial charge >= 0.3 is 24.0 Å². The Morgan fingerprint density at radius 1 is 1.00 bits per heavy atom. The summed E-state index contributed by atoms with van der Waals surface area (Å²) in [7, 11) is 0. The lowest BCUT2D eigenvalue weighted by atomic mass is 10.1. The maximum absolute atomic E-state index is 12.7. The van der Waals surface area contributed by atoms with Gasteiger partial charge in [-0.15, -0.1) is 0 Å². The van der Waals surface area contributed by atoms with Crippen LogP contribution in [-0.4, -0.2) is 24.0 Å². The zero-order chi connectivity index (χ0) is 15.2.